The van der Waals surface area contributed by atoms with Crippen LogP contribution in [-0.2, 0) is 43.6 Å². The maximum Gasteiger partial charge on any atom is 0.329 e. The van der Waals surface area contributed by atoms with Crippen molar-refractivity contribution in [3.05, 3.63) is 108 Å². The van der Waals surface area contributed by atoms with Crippen LogP contribution in [-0.4, -0.2) is 28.8 Å². The van der Waals surface area contributed by atoms with Crippen molar-refractivity contribution in [2.45, 2.75) is 45.9 Å². The van der Waals surface area contributed by atoms with Gasteiger partial charge in [0.25, 0.3) is 5.91 Å². The lowest BCUT2D eigenvalue weighted by Gasteiger charge is -2.22. The van der Waals surface area contributed by atoms with Gasteiger partial charge in [-0.25, -0.2) is 10.3 Å². The Labute approximate surface area is 234 Å². The van der Waals surface area contributed by atoms with Gasteiger partial charge in [-0.05, 0) is 35.1 Å². The maximum atomic E-state index is 13.5. The van der Waals surface area contributed by atoms with Gasteiger partial charge in [0.15, 0.2) is 0 Å². The van der Waals surface area contributed by atoms with Crippen molar-refractivity contribution >= 4 is 28.7 Å². The number of nitrogens with one attached hydrogen (secondary N) is 3. The first-order valence-electron chi connectivity index (χ1n) is 13.4. The zero-order valence-corrected chi connectivity index (χ0v) is 22.8. The number of aromatic nitrogens is 1. The summed E-state index contributed by atoms with van der Waals surface area (Å²) in [5.41, 5.74) is 5.91. The minimum absolute atomic E-state index is 0.0488. The van der Waals surface area contributed by atoms with Crippen LogP contribution in [0.2, 0.25) is 0 Å². The predicted molar refractivity (Wildman–Crippen MR) is 152 cm³/mol. The van der Waals surface area contributed by atoms with Crippen molar-refractivity contribution in [3.8, 4) is 0 Å². The lowest BCUT2D eigenvalue weighted by atomic mass is 9.95. The number of benzene rings is 3. The van der Waals surface area contributed by atoms with Crippen LogP contribution in [0, 0.1) is 11.8 Å². The standard InChI is InChI=1S/C32H35N3O5/c1-22(2)17-27(31(37)35-40-21-24-13-7-4-8-14-24)30(36)34-29(32(38)39-20-23-11-5-3-6-12-23)18-25-19-33-28-16-10-9-15-26(25)28/h3-16,19,22,27,29,33H,17-18,20-21H2,1-2H3,(H,34,36)(H,35,37)/t27?,29-/m0/s1. The molecule has 0 spiro atoms. The van der Waals surface area contributed by atoms with Crippen LogP contribution >= 0.6 is 0 Å². The lowest BCUT2D eigenvalue weighted by molar-refractivity contribution is -0.152. The first-order valence-corrected chi connectivity index (χ1v) is 13.4. The molecule has 0 aliphatic rings. The molecule has 2 amide bonds. The Morgan fingerprint density at radius 3 is 2.10 bits per heavy atom. The fraction of sp³-hybridized carbons (Fsp3) is 0.281. The van der Waals surface area contributed by atoms with Gasteiger partial charge in [0, 0.05) is 23.5 Å². The van der Waals surface area contributed by atoms with Crippen LogP contribution in [0.25, 0.3) is 10.9 Å². The number of hydroxylamine groups is 1. The third-order valence-corrected chi connectivity index (χ3v) is 6.52. The Hall–Kier alpha value is -4.43. The average Bonchev–Trinajstić information content (AvgIpc) is 3.38. The van der Waals surface area contributed by atoms with E-state index in [-0.39, 0.29) is 32.0 Å². The molecule has 3 N–H and O–H groups in total. The maximum absolute atomic E-state index is 13.5. The van der Waals surface area contributed by atoms with Gasteiger partial charge in [-0.3, -0.25) is 14.4 Å². The molecule has 0 bridgehead atoms. The molecule has 1 heterocycles. The molecular formula is C32H35N3O5. The van der Waals surface area contributed by atoms with E-state index in [4.69, 9.17) is 9.57 Å². The van der Waals surface area contributed by atoms with Gasteiger partial charge in [-0.2, -0.15) is 0 Å². The van der Waals surface area contributed by atoms with Crippen molar-refractivity contribution in [3.63, 3.8) is 0 Å². The quantitative estimate of drug-likeness (QED) is 0.127. The fourth-order valence-electron chi connectivity index (χ4n) is 4.46. The molecular weight excluding hydrogens is 506 g/mol. The number of hydrogen-bond donors (Lipinski definition) is 3. The summed E-state index contributed by atoms with van der Waals surface area (Å²) in [6.07, 6.45) is 2.30. The number of fused-ring (bicyclic) bond motifs is 1. The average molecular weight is 542 g/mol. The Morgan fingerprint density at radius 2 is 1.43 bits per heavy atom. The summed E-state index contributed by atoms with van der Waals surface area (Å²) in [7, 11) is 0. The third-order valence-electron chi connectivity index (χ3n) is 6.52. The molecule has 8 heteroatoms. The Morgan fingerprint density at radius 1 is 0.800 bits per heavy atom. The first-order chi connectivity index (χ1) is 19.4. The van der Waals surface area contributed by atoms with E-state index in [1.165, 1.54) is 0 Å². The second-order valence-electron chi connectivity index (χ2n) is 10.1. The molecule has 1 aromatic heterocycles. The molecule has 1 unspecified atom stereocenters. The summed E-state index contributed by atoms with van der Waals surface area (Å²) in [5, 5.41) is 3.75. The second-order valence-corrected chi connectivity index (χ2v) is 10.1. The Bertz CT molecular complexity index is 1400. The normalized spacial score (nSPS) is 12.6. The van der Waals surface area contributed by atoms with Crippen molar-refractivity contribution < 1.29 is 24.0 Å². The summed E-state index contributed by atoms with van der Waals surface area (Å²) in [6.45, 7) is 4.09. The monoisotopic (exact) mass is 541 g/mol. The molecule has 2 atom stereocenters. The predicted octanol–water partition coefficient (Wildman–Crippen LogP) is 4.85. The van der Waals surface area contributed by atoms with E-state index in [9.17, 15) is 14.4 Å². The molecule has 0 fully saturated rings. The van der Waals surface area contributed by atoms with Crippen LogP contribution in [0.15, 0.2) is 91.1 Å². The van der Waals surface area contributed by atoms with E-state index in [2.05, 4.69) is 15.8 Å². The van der Waals surface area contributed by atoms with Crippen LogP contribution < -0.4 is 10.8 Å². The summed E-state index contributed by atoms with van der Waals surface area (Å²) < 4.78 is 5.60. The minimum Gasteiger partial charge on any atom is -0.459 e. The number of carbonyl (C=O) groups excluding carboxylic acids is 3. The van der Waals surface area contributed by atoms with Gasteiger partial charge in [0.05, 0.1) is 6.61 Å². The van der Waals surface area contributed by atoms with Crippen molar-refractivity contribution in [1.82, 2.24) is 15.8 Å². The largest absolute Gasteiger partial charge is 0.459 e. The van der Waals surface area contributed by atoms with Crippen LogP contribution in [0.4, 0.5) is 0 Å². The fourth-order valence-corrected chi connectivity index (χ4v) is 4.46. The van der Waals surface area contributed by atoms with Gasteiger partial charge >= 0.3 is 5.97 Å². The number of aromatic amines is 1. The van der Waals surface area contributed by atoms with Crippen molar-refractivity contribution in [1.29, 1.82) is 0 Å². The Kier molecular flexibility index (Phi) is 10.1. The highest BCUT2D eigenvalue weighted by atomic mass is 16.6. The zero-order valence-electron chi connectivity index (χ0n) is 22.8. The molecule has 3 aromatic carbocycles. The van der Waals surface area contributed by atoms with Crippen molar-refractivity contribution in [2.24, 2.45) is 11.8 Å². The molecule has 0 saturated heterocycles. The topological polar surface area (TPSA) is 110 Å². The highest BCUT2D eigenvalue weighted by Gasteiger charge is 2.32. The number of amides is 2. The van der Waals surface area contributed by atoms with E-state index in [0.717, 1.165) is 27.6 Å². The first kappa shape index (κ1) is 28.6. The number of para-hydroxylation sites is 1. The molecule has 40 heavy (non-hydrogen) atoms. The molecule has 0 aliphatic heterocycles. The number of carbonyl (C=O) groups is 3. The van der Waals surface area contributed by atoms with E-state index in [1.54, 1.807) is 0 Å². The summed E-state index contributed by atoms with van der Waals surface area (Å²) >= 11 is 0. The van der Waals surface area contributed by atoms with Crippen LogP contribution in [0.5, 0.6) is 0 Å². The SMILES string of the molecule is CC(C)CC(C(=O)NOCc1ccccc1)C(=O)N[C@@H](Cc1c[nH]c2ccccc12)C(=O)OCc1ccccc1. The van der Waals surface area contributed by atoms with E-state index < -0.39 is 29.7 Å². The summed E-state index contributed by atoms with van der Waals surface area (Å²) in [4.78, 5) is 48.4. The second kappa shape index (κ2) is 14.1. The highest BCUT2D eigenvalue weighted by molar-refractivity contribution is 6.01. The van der Waals surface area contributed by atoms with E-state index >= 15 is 0 Å². The van der Waals surface area contributed by atoms with Gasteiger partial charge in [0.1, 0.15) is 18.6 Å². The molecule has 208 valence electrons. The van der Waals surface area contributed by atoms with Gasteiger partial charge in [0.2, 0.25) is 5.91 Å². The number of ether oxygens (including phenoxy) is 1. The minimum atomic E-state index is -1.05. The van der Waals surface area contributed by atoms with Crippen LogP contribution in [0.3, 0.4) is 0 Å². The molecule has 0 aliphatic carbocycles. The number of hydrogen-bond acceptors (Lipinski definition) is 5. The van der Waals surface area contributed by atoms with Gasteiger partial charge < -0.3 is 15.0 Å². The summed E-state index contributed by atoms with van der Waals surface area (Å²) in [5.74, 6) is -2.70. The lowest BCUT2D eigenvalue weighted by Crippen LogP contribution is -2.49. The Balaban J connectivity index is 1.48. The highest BCUT2D eigenvalue weighted by Crippen LogP contribution is 2.20. The number of H-pyrrole nitrogens is 1. The van der Waals surface area contributed by atoms with Crippen molar-refractivity contribution in [2.75, 3.05) is 0 Å². The van der Waals surface area contributed by atoms with Gasteiger partial charge in [-0.1, -0.05) is 92.7 Å². The molecule has 4 rings (SSSR count). The summed E-state index contributed by atoms with van der Waals surface area (Å²) in [6, 6.07) is 25.5. The molecule has 8 nitrogen and oxygen atoms in total. The number of esters is 1. The molecule has 0 radical (unpaired) electrons. The third kappa shape index (κ3) is 8.04. The van der Waals surface area contributed by atoms with E-state index in [1.807, 2.05) is 105 Å². The van der Waals surface area contributed by atoms with E-state index in [0.29, 0.717) is 0 Å². The smallest absolute Gasteiger partial charge is 0.329 e. The molecule has 0 saturated carbocycles. The number of rotatable bonds is 13. The van der Waals surface area contributed by atoms with Crippen LogP contribution in [0.1, 0.15) is 37.0 Å². The zero-order chi connectivity index (χ0) is 28.3. The van der Waals surface area contributed by atoms with Gasteiger partial charge in [-0.15, -0.1) is 0 Å². The molecule has 4 aromatic rings.